The van der Waals surface area contributed by atoms with Crippen LogP contribution in [0.2, 0.25) is 0 Å². The monoisotopic (exact) mass is 260 g/mol. The minimum atomic E-state index is -0.274. The predicted octanol–water partition coefficient (Wildman–Crippen LogP) is 1.57. The first-order valence-corrected chi connectivity index (χ1v) is 6.03. The SMILES string of the molecule is Nc1cccn(CC2Cc3cc(F)ccc3O2)c1=O. The molecule has 0 bridgehead atoms. The molecule has 0 fully saturated rings. The lowest BCUT2D eigenvalue weighted by Crippen LogP contribution is -2.29. The van der Waals surface area contributed by atoms with Crippen LogP contribution in [0.4, 0.5) is 10.1 Å². The fraction of sp³-hybridized carbons (Fsp3) is 0.214. The van der Waals surface area contributed by atoms with Gasteiger partial charge in [0.2, 0.25) is 0 Å². The molecule has 1 aliphatic rings. The van der Waals surface area contributed by atoms with Crippen LogP contribution in [0.5, 0.6) is 5.75 Å². The first-order chi connectivity index (χ1) is 9.13. The number of nitrogen functional groups attached to an aromatic ring is 1. The molecule has 0 saturated heterocycles. The van der Waals surface area contributed by atoms with Gasteiger partial charge >= 0.3 is 0 Å². The summed E-state index contributed by atoms with van der Waals surface area (Å²) < 4.78 is 20.3. The second-order valence-electron chi connectivity index (χ2n) is 4.62. The van der Waals surface area contributed by atoms with Crippen molar-refractivity contribution in [1.82, 2.24) is 4.57 Å². The molecule has 3 rings (SSSR count). The summed E-state index contributed by atoms with van der Waals surface area (Å²) in [6, 6.07) is 7.75. The molecule has 1 unspecified atom stereocenters. The van der Waals surface area contributed by atoms with Gasteiger partial charge in [0.1, 0.15) is 17.7 Å². The number of anilines is 1. The van der Waals surface area contributed by atoms with Crippen LogP contribution in [-0.2, 0) is 13.0 Å². The summed E-state index contributed by atoms with van der Waals surface area (Å²) in [5.74, 6) is 0.410. The lowest BCUT2D eigenvalue weighted by molar-refractivity contribution is 0.207. The Morgan fingerprint density at radius 2 is 2.26 bits per heavy atom. The normalized spacial score (nSPS) is 17.0. The summed E-state index contributed by atoms with van der Waals surface area (Å²) in [7, 11) is 0. The molecular weight excluding hydrogens is 247 g/mol. The van der Waals surface area contributed by atoms with E-state index in [-0.39, 0.29) is 23.2 Å². The zero-order valence-corrected chi connectivity index (χ0v) is 10.2. The molecule has 5 heteroatoms. The number of hydrogen-bond acceptors (Lipinski definition) is 3. The molecule has 0 spiro atoms. The van der Waals surface area contributed by atoms with Crippen LogP contribution < -0.4 is 16.0 Å². The van der Waals surface area contributed by atoms with Gasteiger partial charge in [0.25, 0.3) is 5.56 Å². The Kier molecular flexibility index (Phi) is 2.74. The minimum Gasteiger partial charge on any atom is -0.488 e. The average Bonchev–Trinajstić information content (AvgIpc) is 2.76. The van der Waals surface area contributed by atoms with Gasteiger partial charge in [-0.3, -0.25) is 4.79 Å². The van der Waals surface area contributed by atoms with Crippen molar-refractivity contribution < 1.29 is 9.13 Å². The maximum atomic E-state index is 13.1. The smallest absolute Gasteiger partial charge is 0.273 e. The van der Waals surface area contributed by atoms with Gasteiger partial charge in [-0.25, -0.2) is 4.39 Å². The molecule has 0 aliphatic carbocycles. The van der Waals surface area contributed by atoms with Gasteiger partial charge in [0.05, 0.1) is 12.2 Å². The van der Waals surface area contributed by atoms with Gasteiger partial charge in [-0.15, -0.1) is 0 Å². The summed E-state index contributed by atoms with van der Waals surface area (Å²) in [6.45, 7) is 0.403. The lowest BCUT2D eigenvalue weighted by Gasteiger charge is -2.12. The van der Waals surface area contributed by atoms with Gasteiger partial charge in [-0.05, 0) is 30.3 Å². The number of aromatic nitrogens is 1. The van der Waals surface area contributed by atoms with Gasteiger partial charge in [-0.1, -0.05) is 0 Å². The molecule has 2 heterocycles. The quantitative estimate of drug-likeness (QED) is 0.891. The van der Waals surface area contributed by atoms with Crippen LogP contribution in [0.15, 0.2) is 41.3 Å². The Labute approximate surface area is 109 Å². The summed E-state index contributed by atoms with van der Waals surface area (Å²) in [5.41, 5.74) is 6.39. The molecule has 0 radical (unpaired) electrons. The van der Waals surface area contributed by atoms with Crippen molar-refractivity contribution in [3.05, 3.63) is 58.3 Å². The Morgan fingerprint density at radius 3 is 3.11 bits per heavy atom. The van der Waals surface area contributed by atoms with Crippen LogP contribution in [0, 0.1) is 5.82 Å². The number of halogens is 1. The van der Waals surface area contributed by atoms with Crippen molar-refractivity contribution in [1.29, 1.82) is 0 Å². The fourth-order valence-corrected chi connectivity index (χ4v) is 2.31. The van der Waals surface area contributed by atoms with Crippen LogP contribution in [0.3, 0.4) is 0 Å². The van der Waals surface area contributed by atoms with E-state index in [1.165, 1.54) is 16.7 Å². The molecule has 98 valence electrons. The highest BCUT2D eigenvalue weighted by atomic mass is 19.1. The van der Waals surface area contributed by atoms with Crippen molar-refractivity contribution in [2.75, 3.05) is 5.73 Å². The van der Waals surface area contributed by atoms with E-state index in [9.17, 15) is 9.18 Å². The Bertz CT molecular complexity index is 681. The average molecular weight is 260 g/mol. The van der Waals surface area contributed by atoms with E-state index in [1.54, 1.807) is 24.4 Å². The van der Waals surface area contributed by atoms with Crippen molar-refractivity contribution >= 4 is 5.69 Å². The van der Waals surface area contributed by atoms with Crippen LogP contribution in [-0.4, -0.2) is 10.7 Å². The topological polar surface area (TPSA) is 57.2 Å². The number of hydrogen-bond donors (Lipinski definition) is 1. The van der Waals surface area contributed by atoms with E-state index in [1.807, 2.05) is 0 Å². The lowest BCUT2D eigenvalue weighted by atomic mass is 10.1. The van der Waals surface area contributed by atoms with Crippen molar-refractivity contribution in [3.8, 4) is 5.75 Å². The van der Waals surface area contributed by atoms with Gasteiger partial charge in [-0.2, -0.15) is 0 Å². The molecule has 1 atom stereocenters. The van der Waals surface area contributed by atoms with Crippen molar-refractivity contribution in [3.63, 3.8) is 0 Å². The zero-order valence-electron chi connectivity index (χ0n) is 10.2. The van der Waals surface area contributed by atoms with Crippen molar-refractivity contribution in [2.45, 2.75) is 19.1 Å². The number of fused-ring (bicyclic) bond motifs is 1. The van der Waals surface area contributed by atoms with Crippen LogP contribution in [0.25, 0.3) is 0 Å². The van der Waals surface area contributed by atoms with E-state index >= 15 is 0 Å². The minimum absolute atomic E-state index is 0.170. The Morgan fingerprint density at radius 1 is 1.42 bits per heavy atom. The summed E-state index contributed by atoms with van der Waals surface area (Å²) in [6.07, 6.45) is 2.09. The predicted molar refractivity (Wildman–Crippen MR) is 69.6 cm³/mol. The Hall–Kier alpha value is -2.30. The third-order valence-corrected chi connectivity index (χ3v) is 3.21. The maximum absolute atomic E-state index is 13.1. The van der Waals surface area contributed by atoms with Gasteiger partial charge < -0.3 is 15.0 Å². The molecule has 19 heavy (non-hydrogen) atoms. The largest absolute Gasteiger partial charge is 0.488 e. The van der Waals surface area contributed by atoms with E-state index in [2.05, 4.69) is 0 Å². The first-order valence-electron chi connectivity index (χ1n) is 6.03. The van der Waals surface area contributed by atoms with Crippen molar-refractivity contribution in [2.24, 2.45) is 0 Å². The second-order valence-corrected chi connectivity index (χ2v) is 4.62. The van der Waals surface area contributed by atoms with E-state index in [0.29, 0.717) is 18.7 Å². The zero-order chi connectivity index (χ0) is 13.4. The summed E-state index contributed by atoms with van der Waals surface area (Å²) in [4.78, 5) is 11.8. The Balaban J connectivity index is 1.81. The van der Waals surface area contributed by atoms with E-state index < -0.39 is 0 Å². The molecule has 2 aromatic rings. The molecule has 4 nitrogen and oxygen atoms in total. The number of benzene rings is 1. The first kappa shape index (κ1) is 11.8. The molecule has 1 aromatic heterocycles. The van der Waals surface area contributed by atoms with E-state index in [0.717, 1.165) is 5.56 Å². The van der Waals surface area contributed by atoms with Gasteiger partial charge in [0.15, 0.2) is 0 Å². The molecular formula is C14H13FN2O2. The van der Waals surface area contributed by atoms with Crippen LogP contribution >= 0.6 is 0 Å². The highest BCUT2D eigenvalue weighted by Gasteiger charge is 2.23. The third kappa shape index (κ3) is 2.19. The molecule has 2 N–H and O–H groups in total. The highest BCUT2D eigenvalue weighted by molar-refractivity contribution is 5.38. The molecule has 0 amide bonds. The second kappa shape index (κ2) is 4.42. The van der Waals surface area contributed by atoms with E-state index in [4.69, 9.17) is 10.5 Å². The number of rotatable bonds is 2. The molecule has 0 saturated carbocycles. The molecule has 1 aromatic carbocycles. The number of nitrogens with two attached hydrogens (primary N) is 1. The number of pyridine rings is 1. The fourth-order valence-electron chi connectivity index (χ4n) is 2.31. The highest BCUT2D eigenvalue weighted by Crippen LogP contribution is 2.29. The van der Waals surface area contributed by atoms with Gasteiger partial charge in [0, 0.05) is 18.2 Å². The summed E-state index contributed by atoms with van der Waals surface area (Å²) in [5, 5.41) is 0. The maximum Gasteiger partial charge on any atom is 0.273 e. The number of nitrogens with zero attached hydrogens (tertiary/aromatic N) is 1. The van der Waals surface area contributed by atoms with Crippen LogP contribution in [0.1, 0.15) is 5.56 Å². The standard InChI is InChI=1S/C14H13FN2O2/c15-10-3-4-13-9(6-10)7-11(19-13)8-17-5-1-2-12(16)14(17)18/h1-6,11H,7-8,16H2. The molecule has 1 aliphatic heterocycles. The number of ether oxygens (including phenoxy) is 1. The third-order valence-electron chi connectivity index (χ3n) is 3.21. The summed E-state index contributed by atoms with van der Waals surface area (Å²) >= 11 is 0.